The minimum Gasteiger partial charge on any atom is -0.265 e. The molecule has 0 radical (unpaired) electrons. The van der Waals surface area contributed by atoms with E-state index in [0.717, 1.165) is 0 Å². The van der Waals surface area contributed by atoms with Crippen LogP contribution in [0.3, 0.4) is 0 Å². The highest BCUT2D eigenvalue weighted by molar-refractivity contribution is 6.75. The molecular weight excluding hydrogens is 181 g/mol. The van der Waals surface area contributed by atoms with Gasteiger partial charge in [0, 0.05) is 12.4 Å². The first-order valence-corrected chi connectivity index (χ1v) is 5.69. The summed E-state index contributed by atoms with van der Waals surface area (Å²) in [6, 6.07) is 8.51. The zero-order valence-electron chi connectivity index (χ0n) is 9.40. The Kier molecular flexibility index (Phi) is 3.05. The summed E-state index contributed by atoms with van der Waals surface area (Å²) in [4.78, 5) is 4.33. The Labute approximate surface area is 91.6 Å². The molecule has 0 aliphatic carbocycles. The maximum Gasteiger partial charge on any atom is 0.178 e. The molecule has 2 aromatic rings. The standard InChI is InChI=1S/C13H16BN/c1-3-14(4-2)13-10-15-9-11-7-5-6-8-12(11)13/h5-10H,3-4H2,1-2H3. The largest absolute Gasteiger partial charge is 0.265 e. The van der Waals surface area contributed by atoms with Gasteiger partial charge in [-0.15, -0.1) is 0 Å². The van der Waals surface area contributed by atoms with E-state index >= 15 is 0 Å². The zero-order valence-corrected chi connectivity index (χ0v) is 9.40. The lowest BCUT2D eigenvalue weighted by atomic mass is 9.41. The second-order valence-electron chi connectivity index (χ2n) is 3.96. The Balaban J connectivity index is 2.59. The van der Waals surface area contributed by atoms with Gasteiger partial charge in [-0.1, -0.05) is 56.2 Å². The number of fused-ring (bicyclic) bond motifs is 1. The molecule has 0 unspecified atom stereocenters. The predicted octanol–water partition coefficient (Wildman–Crippen LogP) is 2.98. The van der Waals surface area contributed by atoms with E-state index < -0.39 is 0 Å². The Bertz CT molecular complexity index is 444. The van der Waals surface area contributed by atoms with Gasteiger partial charge < -0.3 is 0 Å². The van der Waals surface area contributed by atoms with Crippen LogP contribution < -0.4 is 5.46 Å². The molecule has 15 heavy (non-hydrogen) atoms. The maximum absolute atomic E-state index is 4.33. The van der Waals surface area contributed by atoms with E-state index in [2.05, 4.69) is 43.1 Å². The van der Waals surface area contributed by atoms with Gasteiger partial charge in [-0.05, 0) is 10.8 Å². The van der Waals surface area contributed by atoms with Crippen molar-refractivity contribution < 1.29 is 0 Å². The number of pyridine rings is 1. The highest BCUT2D eigenvalue weighted by Crippen LogP contribution is 2.12. The average Bonchev–Trinajstić information content (AvgIpc) is 2.31. The molecule has 2 heteroatoms. The van der Waals surface area contributed by atoms with E-state index in [0.29, 0.717) is 6.71 Å². The number of hydrogen-bond donors (Lipinski definition) is 0. The van der Waals surface area contributed by atoms with Crippen molar-refractivity contribution in [3.63, 3.8) is 0 Å². The first-order chi connectivity index (χ1) is 7.36. The smallest absolute Gasteiger partial charge is 0.178 e. The quantitative estimate of drug-likeness (QED) is 0.689. The number of aromatic nitrogens is 1. The van der Waals surface area contributed by atoms with Crippen LogP contribution >= 0.6 is 0 Å². The van der Waals surface area contributed by atoms with Gasteiger partial charge in [0.05, 0.1) is 0 Å². The van der Waals surface area contributed by atoms with E-state index in [1.165, 1.54) is 28.9 Å². The number of hydrogen-bond acceptors (Lipinski definition) is 1. The molecule has 0 saturated heterocycles. The van der Waals surface area contributed by atoms with Crippen LogP contribution in [0, 0.1) is 0 Å². The van der Waals surface area contributed by atoms with Gasteiger partial charge in [-0.3, -0.25) is 4.98 Å². The van der Waals surface area contributed by atoms with E-state index in [-0.39, 0.29) is 0 Å². The fraction of sp³-hybridized carbons (Fsp3) is 0.308. The van der Waals surface area contributed by atoms with E-state index in [1.807, 2.05) is 12.4 Å². The maximum atomic E-state index is 4.33. The van der Waals surface area contributed by atoms with Crippen LogP contribution in [0.5, 0.6) is 0 Å². The summed E-state index contributed by atoms with van der Waals surface area (Å²) in [7, 11) is 0. The van der Waals surface area contributed by atoms with Gasteiger partial charge in [0.2, 0.25) is 0 Å². The number of nitrogens with zero attached hydrogens (tertiary/aromatic N) is 1. The Morgan fingerprint density at radius 1 is 1.07 bits per heavy atom. The molecule has 0 fully saturated rings. The van der Waals surface area contributed by atoms with Crippen LogP contribution in [0.4, 0.5) is 0 Å². The Morgan fingerprint density at radius 3 is 2.53 bits per heavy atom. The Hall–Kier alpha value is -1.31. The fourth-order valence-electron chi connectivity index (χ4n) is 2.19. The summed E-state index contributed by atoms with van der Waals surface area (Å²) in [5.41, 5.74) is 1.40. The minimum atomic E-state index is 0.642. The van der Waals surface area contributed by atoms with Crippen molar-refractivity contribution in [2.75, 3.05) is 0 Å². The summed E-state index contributed by atoms with van der Waals surface area (Å²) in [5, 5.41) is 2.61. The van der Waals surface area contributed by atoms with Crippen LogP contribution in [0.2, 0.25) is 12.6 Å². The van der Waals surface area contributed by atoms with Crippen LogP contribution in [0.1, 0.15) is 13.8 Å². The fourth-order valence-corrected chi connectivity index (χ4v) is 2.19. The van der Waals surface area contributed by atoms with Gasteiger partial charge in [0.1, 0.15) is 0 Å². The monoisotopic (exact) mass is 197 g/mol. The van der Waals surface area contributed by atoms with Crippen molar-refractivity contribution in [2.24, 2.45) is 0 Å². The number of benzene rings is 1. The highest BCUT2D eigenvalue weighted by atomic mass is 14.6. The van der Waals surface area contributed by atoms with E-state index in [9.17, 15) is 0 Å². The molecule has 0 saturated carbocycles. The molecule has 0 bridgehead atoms. The van der Waals surface area contributed by atoms with Crippen LogP contribution in [0.25, 0.3) is 10.8 Å². The van der Waals surface area contributed by atoms with Gasteiger partial charge in [0.25, 0.3) is 0 Å². The third-order valence-electron chi connectivity index (χ3n) is 3.12. The zero-order chi connectivity index (χ0) is 10.7. The molecule has 0 amide bonds. The second kappa shape index (κ2) is 4.48. The molecular formula is C13H16BN. The van der Waals surface area contributed by atoms with E-state index in [4.69, 9.17) is 0 Å². The van der Waals surface area contributed by atoms with Crippen molar-refractivity contribution in [1.29, 1.82) is 0 Å². The lowest BCUT2D eigenvalue weighted by Crippen LogP contribution is -2.29. The molecule has 2 rings (SSSR count). The lowest BCUT2D eigenvalue weighted by Gasteiger charge is -2.11. The van der Waals surface area contributed by atoms with E-state index in [1.54, 1.807) is 0 Å². The molecule has 1 heterocycles. The second-order valence-corrected chi connectivity index (χ2v) is 3.96. The molecule has 1 aromatic carbocycles. The minimum absolute atomic E-state index is 0.642. The van der Waals surface area contributed by atoms with Gasteiger partial charge in [-0.25, -0.2) is 0 Å². The predicted molar refractivity (Wildman–Crippen MR) is 68.1 cm³/mol. The summed E-state index contributed by atoms with van der Waals surface area (Å²) < 4.78 is 0. The van der Waals surface area contributed by atoms with Crippen molar-refractivity contribution in [1.82, 2.24) is 4.98 Å². The summed E-state index contributed by atoms with van der Waals surface area (Å²) in [6.45, 7) is 5.13. The number of rotatable bonds is 3. The van der Waals surface area contributed by atoms with Crippen LogP contribution in [0.15, 0.2) is 36.7 Å². The van der Waals surface area contributed by atoms with Crippen molar-refractivity contribution in [2.45, 2.75) is 26.5 Å². The Morgan fingerprint density at radius 2 is 1.80 bits per heavy atom. The third-order valence-corrected chi connectivity index (χ3v) is 3.12. The average molecular weight is 197 g/mol. The van der Waals surface area contributed by atoms with Crippen LogP contribution in [-0.4, -0.2) is 11.7 Å². The molecule has 0 atom stereocenters. The van der Waals surface area contributed by atoms with Gasteiger partial charge in [0.15, 0.2) is 6.71 Å². The molecule has 1 aromatic heterocycles. The van der Waals surface area contributed by atoms with Crippen LogP contribution in [-0.2, 0) is 0 Å². The van der Waals surface area contributed by atoms with Crippen molar-refractivity contribution >= 4 is 22.9 Å². The summed E-state index contributed by atoms with van der Waals surface area (Å²) >= 11 is 0. The lowest BCUT2D eigenvalue weighted by molar-refractivity contribution is 1.31. The third kappa shape index (κ3) is 1.89. The van der Waals surface area contributed by atoms with Crippen molar-refractivity contribution in [3.8, 4) is 0 Å². The molecule has 1 nitrogen and oxygen atoms in total. The molecule has 76 valence electrons. The SMILES string of the molecule is CCB(CC)c1cncc2ccccc12. The van der Waals surface area contributed by atoms with Gasteiger partial charge >= 0.3 is 0 Å². The first-order valence-electron chi connectivity index (χ1n) is 5.69. The first kappa shape index (κ1) is 10.2. The summed E-state index contributed by atoms with van der Waals surface area (Å²) in [6.07, 6.45) is 6.35. The molecule has 0 aliphatic heterocycles. The normalized spacial score (nSPS) is 10.5. The molecule has 0 N–H and O–H groups in total. The topological polar surface area (TPSA) is 12.9 Å². The molecule has 0 aliphatic rings. The summed E-state index contributed by atoms with van der Waals surface area (Å²) in [5.74, 6) is 0. The van der Waals surface area contributed by atoms with Gasteiger partial charge in [-0.2, -0.15) is 0 Å². The molecule has 0 spiro atoms. The van der Waals surface area contributed by atoms with Crippen molar-refractivity contribution in [3.05, 3.63) is 36.7 Å². The highest BCUT2D eigenvalue weighted by Gasteiger charge is 2.14.